The Hall–Kier alpha value is -0.770. The summed E-state index contributed by atoms with van der Waals surface area (Å²) in [4.78, 5) is 2.31. The highest BCUT2D eigenvalue weighted by molar-refractivity contribution is 5.79. The zero-order chi connectivity index (χ0) is 9.68. The van der Waals surface area contributed by atoms with Crippen LogP contribution in [-0.2, 0) is 0 Å². The van der Waals surface area contributed by atoms with Gasteiger partial charge in [-0.05, 0) is 19.9 Å². The Balaban J connectivity index is 2.20. The van der Waals surface area contributed by atoms with E-state index in [1.807, 2.05) is 0 Å². The lowest BCUT2D eigenvalue weighted by atomic mass is 10.2. The molecule has 0 aromatic heterocycles. The minimum absolute atomic E-state index is 0.324. The zero-order valence-corrected chi connectivity index (χ0v) is 8.24. The van der Waals surface area contributed by atoms with E-state index in [4.69, 9.17) is 10.9 Å². The Morgan fingerprint density at radius 2 is 2.15 bits per heavy atom. The summed E-state index contributed by atoms with van der Waals surface area (Å²) >= 11 is 0. The van der Waals surface area contributed by atoms with Crippen molar-refractivity contribution in [1.29, 1.82) is 0 Å². The number of oxime groups is 1. The van der Waals surface area contributed by atoms with Crippen molar-refractivity contribution in [2.45, 2.75) is 38.1 Å². The van der Waals surface area contributed by atoms with Crippen LogP contribution in [0.3, 0.4) is 0 Å². The molecule has 0 aliphatic heterocycles. The van der Waals surface area contributed by atoms with Gasteiger partial charge in [0, 0.05) is 19.0 Å². The summed E-state index contributed by atoms with van der Waals surface area (Å²) in [5.74, 6) is 0.324. The Kier molecular flexibility index (Phi) is 4.02. The van der Waals surface area contributed by atoms with Gasteiger partial charge in [0.25, 0.3) is 0 Å². The molecule has 4 heteroatoms. The van der Waals surface area contributed by atoms with E-state index in [0.29, 0.717) is 18.3 Å². The van der Waals surface area contributed by atoms with Crippen LogP contribution in [0.15, 0.2) is 5.16 Å². The molecule has 1 aliphatic carbocycles. The van der Waals surface area contributed by atoms with Crippen molar-refractivity contribution in [3.8, 4) is 0 Å². The van der Waals surface area contributed by atoms with Crippen LogP contribution in [0.4, 0.5) is 0 Å². The summed E-state index contributed by atoms with van der Waals surface area (Å²) in [7, 11) is 2.11. The van der Waals surface area contributed by atoms with Crippen molar-refractivity contribution in [1.82, 2.24) is 4.90 Å². The van der Waals surface area contributed by atoms with Crippen molar-refractivity contribution < 1.29 is 5.21 Å². The molecule has 1 saturated carbocycles. The summed E-state index contributed by atoms with van der Waals surface area (Å²) in [5.41, 5.74) is 5.39. The molecule has 0 heterocycles. The molecule has 4 nitrogen and oxygen atoms in total. The third-order valence-electron chi connectivity index (χ3n) is 2.80. The van der Waals surface area contributed by atoms with Gasteiger partial charge in [-0.3, -0.25) is 0 Å². The van der Waals surface area contributed by atoms with Crippen LogP contribution in [0.1, 0.15) is 32.1 Å². The topological polar surface area (TPSA) is 61.8 Å². The van der Waals surface area contributed by atoms with Crippen LogP contribution in [0.5, 0.6) is 0 Å². The van der Waals surface area contributed by atoms with Crippen LogP contribution in [-0.4, -0.2) is 35.6 Å². The third kappa shape index (κ3) is 3.22. The predicted molar refractivity (Wildman–Crippen MR) is 52.9 cm³/mol. The second kappa shape index (κ2) is 5.07. The average molecular weight is 185 g/mol. The van der Waals surface area contributed by atoms with E-state index >= 15 is 0 Å². The maximum atomic E-state index is 8.36. The number of hydrogen-bond donors (Lipinski definition) is 2. The van der Waals surface area contributed by atoms with Gasteiger partial charge in [-0.15, -0.1) is 0 Å². The molecule has 3 N–H and O–H groups in total. The number of amidine groups is 1. The molecule has 0 aromatic carbocycles. The third-order valence-corrected chi connectivity index (χ3v) is 2.80. The largest absolute Gasteiger partial charge is 0.409 e. The molecule has 0 radical (unpaired) electrons. The Labute approximate surface area is 79.4 Å². The lowest BCUT2D eigenvalue weighted by Crippen LogP contribution is -2.32. The molecule has 1 rings (SSSR count). The first-order valence-electron chi connectivity index (χ1n) is 4.90. The molecule has 76 valence electrons. The highest BCUT2D eigenvalue weighted by Gasteiger charge is 2.18. The lowest BCUT2D eigenvalue weighted by Gasteiger charge is -2.23. The second-order valence-corrected chi connectivity index (χ2v) is 3.76. The standard InChI is InChI=1S/C9H19N3O/c1-12(7-6-9(10)11-13)8-4-2-3-5-8/h8,13H,2-7H2,1H3,(H2,10,11). The fourth-order valence-corrected chi connectivity index (χ4v) is 1.87. The Morgan fingerprint density at radius 3 is 2.69 bits per heavy atom. The molecule has 0 spiro atoms. The van der Waals surface area contributed by atoms with Gasteiger partial charge in [-0.2, -0.15) is 0 Å². The van der Waals surface area contributed by atoms with Gasteiger partial charge in [-0.1, -0.05) is 18.0 Å². The minimum atomic E-state index is 0.324. The van der Waals surface area contributed by atoms with E-state index in [0.717, 1.165) is 6.54 Å². The Morgan fingerprint density at radius 1 is 1.54 bits per heavy atom. The number of nitrogens with two attached hydrogens (primary N) is 1. The molecular weight excluding hydrogens is 166 g/mol. The van der Waals surface area contributed by atoms with Crippen LogP contribution >= 0.6 is 0 Å². The summed E-state index contributed by atoms with van der Waals surface area (Å²) in [6, 6.07) is 0.714. The van der Waals surface area contributed by atoms with Crippen molar-refractivity contribution in [3.63, 3.8) is 0 Å². The van der Waals surface area contributed by atoms with Crippen LogP contribution < -0.4 is 5.73 Å². The van der Waals surface area contributed by atoms with Crippen molar-refractivity contribution in [3.05, 3.63) is 0 Å². The van der Waals surface area contributed by atoms with E-state index in [9.17, 15) is 0 Å². The molecule has 1 aliphatic rings. The number of hydrogen-bond acceptors (Lipinski definition) is 3. The minimum Gasteiger partial charge on any atom is -0.409 e. The van der Waals surface area contributed by atoms with Gasteiger partial charge in [0.05, 0.1) is 0 Å². The van der Waals surface area contributed by atoms with Crippen molar-refractivity contribution >= 4 is 5.84 Å². The average Bonchev–Trinajstić information content (AvgIpc) is 2.66. The van der Waals surface area contributed by atoms with Crippen LogP contribution in [0.2, 0.25) is 0 Å². The first kappa shape index (κ1) is 10.3. The van der Waals surface area contributed by atoms with Gasteiger partial charge in [0.1, 0.15) is 5.84 Å². The van der Waals surface area contributed by atoms with E-state index in [1.54, 1.807) is 0 Å². The van der Waals surface area contributed by atoms with Gasteiger partial charge in [0.15, 0.2) is 0 Å². The van der Waals surface area contributed by atoms with Crippen LogP contribution in [0.25, 0.3) is 0 Å². The van der Waals surface area contributed by atoms with E-state index in [-0.39, 0.29) is 0 Å². The second-order valence-electron chi connectivity index (χ2n) is 3.76. The molecule has 0 unspecified atom stereocenters. The van der Waals surface area contributed by atoms with Crippen molar-refractivity contribution in [2.75, 3.05) is 13.6 Å². The fraction of sp³-hybridized carbons (Fsp3) is 0.889. The number of nitrogens with zero attached hydrogens (tertiary/aromatic N) is 2. The normalized spacial score (nSPS) is 20.0. The molecule has 0 bridgehead atoms. The molecule has 0 atom stereocenters. The maximum absolute atomic E-state index is 8.36. The van der Waals surface area contributed by atoms with Gasteiger partial charge in [-0.25, -0.2) is 0 Å². The Bertz CT molecular complexity index is 176. The highest BCUT2D eigenvalue weighted by atomic mass is 16.4. The predicted octanol–water partition coefficient (Wildman–Crippen LogP) is 0.997. The first-order valence-corrected chi connectivity index (χ1v) is 4.90. The monoisotopic (exact) mass is 185 g/mol. The molecule has 0 aromatic rings. The van der Waals surface area contributed by atoms with E-state index < -0.39 is 0 Å². The SMILES string of the molecule is CN(CC/C(N)=N/O)C1CCCC1. The smallest absolute Gasteiger partial charge is 0.140 e. The van der Waals surface area contributed by atoms with Gasteiger partial charge >= 0.3 is 0 Å². The quantitative estimate of drug-likeness (QED) is 0.297. The van der Waals surface area contributed by atoms with Gasteiger partial charge in [0.2, 0.25) is 0 Å². The summed E-state index contributed by atoms with van der Waals surface area (Å²) in [6.07, 6.45) is 5.94. The number of rotatable bonds is 4. The van der Waals surface area contributed by atoms with Crippen molar-refractivity contribution in [2.24, 2.45) is 10.9 Å². The molecule has 13 heavy (non-hydrogen) atoms. The zero-order valence-electron chi connectivity index (χ0n) is 8.24. The highest BCUT2D eigenvalue weighted by Crippen LogP contribution is 2.22. The summed E-state index contributed by atoms with van der Waals surface area (Å²) in [6.45, 7) is 0.889. The molecule has 0 amide bonds. The maximum Gasteiger partial charge on any atom is 0.140 e. The summed E-state index contributed by atoms with van der Waals surface area (Å²) in [5, 5.41) is 11.3. The first-order chi connectivity index (χ1) is 6.24. The molecular formula is C9H19N3O. The van der Waals surface area contributed by atoms with Crippen LogP contribution in [0, 0.1) is 0 Å². The van der Waals surface area contributed by atoms with E-state index in [2.05, 4.69) is 17.1 Å². The lowest BCUT2D eigenvalue weighted by molar-refractivity contribution is 0.250. The summed E-state index contributed by atoms with van der Waals surface area (Å²) < 4.78 is 0. The van der Waals surface area contributed by atoms with E-state index in [1.165, 1.54) is 25.7 Å². The van der Waals surface area contributed by atoms with Gasteiger partial charge < -0.3 is 15.8 Å². The molecule has 0 saturated heterocycles. The fourth-order valence-electron chi connectivity index (χ4n) is 1.87. The molecule has 1 fully saturated rings.